The van der Waals surface area contributed by atoms with Crippen LogP contribution in [0.2, 0.25) is 0 Å². The number of benzene rings is 3. The van der Waals surface area contributed by atoms with E-state index in [4.69, 9.17) is 4.74 Å². The summed E-state index contributed by atoms with van der Waals surface area (Å²) in [4.78, 5) is 15.7. The molecule has 5 rings (SSSR count). The molecule has 0 fully saturated rings. The average Bonchev–Trinajstić information content (AvgIpc) is 3.35. The maximum atomic E-state index is 12.6. The minimum Gasteiger partial charge on any atom is -0.508 e. The molecule has 150 valence electrons. The molecule has 0 aliphatic heterocycles. The molecular formula is C25H21NO4. The second-order valence-corrected chi connectivity index (χ2v) is 7.73. The number of methoxy groups -OCH3 is 1. The molecule has 1 aliphatic carbocycles. The highest BCUT2D eigenvalue weighted by Crippen LogP contribution is 2.53. The van der Waals surface area contributed by atoms with E-state index in [0.29, 0.717) is 5.75 Å². The van der Waals surface area contributed by atoms with Crippen molar-refractivity contribution in [1.82, 2.24) is 4.98 Å². The Hall–Kier alpha value is -3.73. The molecule has 3 unspecified atom stereocenters. The topological polar surface area (TPSA) is 82.5 Å². The molecule has 3 aromatic carbocycles. The number of carboxylic acids is 1. The van der Waals surface area contributed by atoms with Gasteiger partial charge in [0, 0.05) is 23.5 Å². The number of hydrogen-bond acceptors (Lipinski definition) is 3. The Morgan fingerprint density at radius 1 is 0.900 bits per heavy atom. The summed E-state index contributed by atoms with van der Waals surface area (Å²) >= 11 is 0. The number of rotatable bonds is 4. The van der Waals surface area contributed by atoms with Crippen LogP contribution >= 0.6 is 0 Å². The van der Waals surface area contributed by atoms with E-state index >= 15 is 0 Å². The van der Waals surface area contributed by atoms with Gasteiger partial charge in [-0.25, -0.2) is 0 Å². The Morgan fingerprint density at radius 2 is 1.63 bits per heavy atom. The zero-order valence-electron chi connectivity index (χ0n) is 16.4. The van der Waals surface area contributed by atoms with Gasteiger partial charge in [-0.2, -0.15) is 0 Å². The van der Waals surface area contributed by atoms with Crippen molar-refractivity contribution in [2.75, 3.05) is 7.11 Å². The van der Waals surface area contributed by atoms with Gasteiger partial charge in [0.05, 0.1) is 13.0 Å². The van der Waals surface area contributed by atoms with Crippen LogP contribution in [-0.2, 0) is 4.79 Å². The lowest BCUT2D eigenvalue weighted by molar-refractivity contribution is -0.142. The number of carbonyl (C=O) groups is 1. The molecule has 0 amide bonds. The Bertz CT molecular complexity index is 1240. The SMILES string of the molecule is COc1ccc(C2c3cc(O)ccc3C(c3ccc4[nH]ccc4c3)C2C(=O)O)cc1. The molecular weight excluding hydrogens is 378 g/mol. The second-order valence-electron chi connectivity index (χ2n) is 7.73. The van der Waals surface area contributed by atoms with Gasteiger partial charge < -0.3 is 19.9 Å². The molecule has 1 aliphatic rings. The normalized spacial score (nSPS) is 20.2. The number of hydrogen-bond donors (Lipinski definition) is 3. The van der Waals surface area contributed by atoms with Crippen LogP contribution in [0.4, 0.5) is 0 Å². The number of aromatic amines is 1. The van der Waals surface area contributed by atoms with E-state index in [-0.39, 0.29) is 17.6 Å². The van der Waals surface area contributed by atoms with Crippen molar-refractivity contribution in [2.45, 2.75) is 11.8 Å². The summed E-state index contributed by atoms with van der Waals surface area (Å²) in [5.74, 6) is -1.38. The molecule has 5 nitrogen and oxygen atoms in total. The van der Waals surface area contributed by atoms with Crippen molar-refractivity contribution in [2.24, 2.45) is 5.92 Å². The smallest absolute Gasteiger partial charge is 0.308 e. The van der Waals surface area contributed by atoms with Crippen molar-refractivity contribution >= 4 is 16.9 Å². The number of nitrogens with one attached hydrogen (secondary N) is 1. The highest BCUT2D eigenvalue weighted by molar-refractivity contribution is 5.82. The number of phenolic OH excluding ortho intramolecular Hbond substituents is 1. The van der Waals surface area contributed by atoms with Crippen LogP contribution in [0.1, 0.15) is 34.1 Å². The van der Waals surface area contributed by atoms with Gasteiger partial charge in [-0.3, -0.25) is 4.79 Å². The van der Waals surface area contributed by atoms with E-state index in [9.17, 15) is 15.0 Å². The standard InChI is InChI=1S/C25H21NO4/c1-30-18-6-2-14(3-7-18)22-20-13-17(27)5-8-19(20)23(24(22)25(28)29)16-4-9-21-15(12-16)10-11-26-21/h2-13,22-24,26-27H,1H3,(H,28,29). The lowest BCUT2D eigenvalue weighted by Crippen LogP contribution is -2.23. The number of aliphatic carboxylic acids is 1. The van der Waals surface area contributed by atoms with Crippen molar-refractivity contribution in [3.8, 4) is 11.5 Å². The quantitative estimate of drug-likeness (QED) is 0.458. The van der Waals surface area contributed by atoms with Gasteiger partial charge in [0.1, 0.15) is 11.5 Å². The van der Waals surface area contributed by atoms with Crippen molar-refractivity contribution < 1.29 is 19.7 Å². The van der Waals surface area contributed by atoms with Crippen LogP contribution in [0.5, 0.6) is 11.5 Å². The highest BCUT2D eigenvalue weighted by Gasteiger charge is 2.46. The Kier molecular flexibility index (Phi) is 4.24. The van der Waals surface area contributed by atoms with Crippen LogP contribution < -0.4 is 4.74 Å². The van der Waals surface area contributed by atoms with Crippen LogP contribution in [0, 0.1) is 5.92 Å². The molecule has 0 saturated carbocycles. The van der Waals surface area contributed by atoms with Gasteiger partial charge in [-0.15, -0.1) is 0 Å². The van der Waals surface area contributed by atoms with Gasteiger partial charge in [0.2, 0.25) is 0 Å². The molecule has 0 radical (unpaired) electrons. The molecule has 4 aromatic rings. The first-order valence-corrected chi connectivity index (χ1v) is 9.83. The molecule has 30 heavy (non-hydrogen) atoms. The Labute approximate surface area is 173 Å². The number of H-pyrrole nitrogens is 1. The third kappa shape index (κ3) is 2.82. The maximum Gasteiger partial charge on any atom is 0.308 e. The average molecular weight is 399 g/mol. The fourth-order valence-electron chi connectivity index (χ4n) is 4.83. The van der Waals surface area contributed by atoms with Crippen LogP contribution in [0.15, 0.2) is 72.9 Å². The monoisotopic (exact) mass is 399 g/mol. The first-order valence-electron chi connectivity index (χ1n) is 9.83. The number of phenols is 1. The van der Waals surface area contributed by atoms with Crippen molar-refractivity contribution in [1.29, 1.82) is 0 Å². The summed E-state index contributed by atoms with van der Waals surface area (Å²) < 4.78 is 5.26. The minimum absolute atomic E-state index is 0.137. The number of carboxylic acid groups (broad SMARTS) is 1. The summed E-state index contributed by atoms with van der Waals surface area (Å²) in [7, 11) is 1.60. The molecule has 0 bridgehead atoms. The van der Waals surface area contributed by atoms with Crippen molar-refractivity contribution in [3.63, 3.8) is 0 Å². The number of aromatic hydroxyl groups is 1. The number of fused-ring (bicyclic) bond motifs is 2. The van der Waals surface area contributed by atoms with E-state index in [1.165, 1.54) is 0 Å². The fourth-order valence-corrected chi connectivity index (χ4v) is 4.83. The summed E-state index contributed by atoms with van der Waals surface area (Å²) in [6.45, 7) is 0. The predicted molar refractivity (Wildman–Crippen MR) is 114 cm³/mol. The lowest BCUT2D eigenvalue weighted by Gasteiger charge is -2.23. The van der Waals surface area contributed by atoms with Crippen LogP contribution in [0.25, 0.3) is 10.9 Å². The van der Waals surface area contributed by atoms with Gasteiger partial charge in [-0.05, 0) is 70.1 Å². The first kappa shape index (κ1) is 18.3. The summed E-state index contributed by atoms with van der Waals surface area (Å²) in [6.07, 6.45) is 1.88. The van der Waals surface area contributed by atoms with Gasteiger partial charge in [0.25, 0.3) is 0 Å². The highest BCUT2D eigenvalue weighted by atomic mass is 16.5. The van der Waals surface area contributed by atoms with Crippen LogP contribution in [0.3, 0.4) is 0 Å². The second kappa shape index (κ2) is 6.95. The first-order chi connectivity index (χ1) is 14.6. The Morgan fingerprint density at radius 3 is 2.37 bits per heavy atom. The Balaban J connectivity index is 1.71. The van der Waals surface area contributed by atoms with Crippen molar-refractivity contribution in [3.05, 3.63) is 95.2 Å². The van der Waals surface area contributed by atoms with Gasteiger partial charge >= 0.3 is 5.97 Å². The summed E-state index contributed by atoms with van der Waals surface area (Å²) in [5.41, 5.74) is 4.65. The van der Waals surface area contributed by atoms with Gasteiger partial charge in [0.15, 0.2) is 0 Å². The lowest BCUT2D eigenvalue weighted by atomic mass is 9.79. The molecule has 5 heteroatoms. The zero-order chi connectivity index (χ0) is 20.8. The van der Waals surface area contributed by atoms with E-state index in [1.807, 2.05) is 54.7 Å². The van der Waals surface area contributed by atoms with Crippen LogP contribution in [-0.4, -0.2) is 28.3 Å². The van der Waals surface area contributed by atoms with E-state index in [1.54, 1.807) is 19.2 Å². The maximum absolute atomic E-state index is 12.6. The molecule has 0 spiro atoms. The molecule has 1 aromatic heterocycles. The largest absolute Gasteiger partial charge is 0.508 e. The fraction of sp³-hybridized carbons (Fsp3) is 0.160. The summed E-state index contributed by atoms with van der Waals surface area (Å²) in [6, 6.07) is 20.7. The van der Waals surface area contributed by atoms with Gasteiger partial charge in [-0.1, -0.05) is 24.3 Å². The molecule has 1 heterocycles. The third-order valence-corrected chi connectivity index (χ3v) is 6.16. The molecule has 3 atom stereocenters. The number of aromatic nitrogens is 1. The molecule has 0 saturated heterocycles. The van der Waals surface area contributed by atoms with E-state index in [0.717, 1.165) is 33.2 Å². The summed E-state index contributed by atoms with van der Waals surface area (Å²) in [5, 5.41) is 21.5. The van der Waals surface area contributed by atoms with E-state index in [2.05, 4.69) is 11.1 Å². The predicted octanol–water partition coefficient (Wildman–Crippen LogP) is 4.86. The molecule has 3 N–H and O–H groups in total. The minimum atomic E-state index is -0.856. The third-order valence-electron chi connectivity index (χ3n) is 6.16. The van der Waals surface area contributed by atoms with E-state index < -0.39 is 11.9 Å². The number of ether oxygens (including phenoxy) is 1. The zero-order valence-corrected chi connectivity index (χ0v) is 16.4.